The number of nitrogens with zero attached hydrogens (tertiary/aromatic N) is 1. The molecule has 0 bridgehead atoms. The van der Waals surface area contributed by atoms with Crippen LogP contribution in [-0.2, 0) is 0 Å². The Bertz CT molecular complexity index is 463. The van der Waals surface area contributed by atoms with Gasteiger partial charge >= 0.3 is 0 Å². The topological polar surface area (TPSA) is 66.6 Å². The standard InChI is InChI=1S/C14H20N2O2S/c1-4-16(9-14(2,3)18)13(17)11-7-5-10(6-8-11)12(15)19/h5-8,18H,4,9H2,1-3H3,(H2,15,19). The van der Waals surface area contributed by atoms with E-state index in [1.165, 1.54) is 0 Å². The highest BCUT2D eigenvalue weighted by molar-refractivity contribution is 7.80. The number of nitrogens with two attached hydrogens (primary N) is 1. The molecule has 0 radical (unpaired) electrons. The van der Waals surface area contributed by atoms with Gasteiger partial charge < -0.3 is 15.7 Å². The van der Waals surface area contributed by atoms with Gasteiger partial charge in [-0.05, 0) is 32.9 Å². The number of amides is 1. The van der Waals surface area contributed by atoms with Gasteiger partial charge in [0.25, 0.3) is 5.91 Å². The zero-order valence-electron chi connectivity index (χ0n) is 11.5. The number of aliphatic hydroxyl groups is 1. The highest BCUT2D eigenvalue weighted by Gasteiger charge is 2.22. The molecule has 5 heteroatoms. The lowest BCUT2D eigenvalue weighted by Gasteiger charge is -2.28. The average Bonchev–Trinajstić information content (AvgIpc) is 2.34. The molecule has 0 aliphatic rings. The summed E-state index contributed by atoms with van der Waals surface area (Å²) in [6, 6.07) is 6.86. The first-order valence-electron chi connectivity index (χ1n) is 6.16. The molecule has 1 amide bonds. The molecule has 3 N–H and O–H groups in total. The summed E-state index contributed by atoms with van der Waals surface area (Å²) in [6.07, 6.45) is 0. The first-order chi connectivity index (χ1) is 8.74. The van der Waals surface area contributed by atoms with Crippen molar-refractivity contribution in [1.82, 2.24) is 4.90 Å². The van der Waals surface area contributed by atoms with Gasteiger partial charge in [-0.2, -0.15) is 0 Å². The van der Waals surface area contributed by atoms with Crippen molar-refractivity contribution in [2.75, 3.05) is 13.1 Å². The second kappa shape index (κ2) is 6.12. The molecule has 0 aromatic heterocycles. The Morgan fingerprint density at radius 3 is 2.16 bits per heavy atom. The maximum absolute atomic E-state index is 12.3. The van der Waals surface area contributed by atoms with E-state index in [-0.39, 0.29) is 5.91 Å². The molecule has 104 valence electrons. The van der Waals surface area contributed by atoms with Crippen molar-refractivity contribution >= 4 is 23.1 Å². The maximum atomic E-state index is 12.3. The highest BCUT2D eigenvalue weighted by Crippen LogP contribution is 2.11. The van der Waals surface area contributed by atoms with Crippen LogP contribution in [0.1, 0.15) is 36.7 Å². The molecule has 0 saturated carbocycles. The molecule has 0 unspecified atom stereocenters. The second-order valence-electron chi connectivity index (χ2n) is 5.07. The summed E-state index contributed by atoms with van der Waals surface area (Å²) in [6.45, 7) is 6.07. The molecular formula is C14H20N2O2S. The van der Waals surface area contributed by atoms with Crippen molar-refractivity contribution in [3.8, 4) is 0 Å². The van der Waals surface area contributed by atoms with E-state index in [0.29, 0.717) is 23.6 Å². The minimum atomic E-state index is -0.912. The van der Waals surface area contributed by atoms with Crippen molar-refractivity contribution in [2.45, 2.75) is 26.4 Å². The predicted molar refractivity (Wildman–Crippen MR) is 80.2 cm³/mol. The molecule has 0 aliphatic carbocycles. The van der Waals surface area contributed by atoms with E-state index in [9.17, 15) is 9.90 Å². The number of carbonyl (C=O) groups excluding carboxylic acids is 1. The summed E-state index contributed by atoms with van der Waals surface area (Å²) in [4.78, 5) is 14.2. The highest BCUT2D eigenvalue weighted by atomic mass is 32.1. The summed E-state index contributed by atoms with van der Waals surface area (Å²) in [5.41, 5.74) is 5.89. The molecule has 0 saturated heterocycles. The van der Waals surface area contributed by atoms with Gasteiger partial charge in [-0.15, -0.1) is 0 Å². The summed E-state index contributed by atoms with van der Waals surface area (Å²) >= 11 is 4.87. The molecule has 1 rings (SSSR count). The van der Waals surface area contributed by atoms with Crippen LogP contribution < -0.4 is 5.73 Å². The van der Waals surface area contributed by atoms with Gasteiger partial charge in [-0.25, -0.2) is 0 Å². The summed E-state index contributed by atoms with van der Waals surface area (Å²) in [7, 11) is 0. The Morgan fingerprint density at radius 1 is 1.32 bits per heavy atom. The lowest BCUT2D eigenvalue weighted by molar-refractivity contribution is 0.0314. The van der Waals surface area contributed by atoms with E-state index in [0.717, 1.165) is 5.56 Å². The normalized spacial score (nSPS) is 11.2. The summed E-state index contributed by atoms with van der Waals surface area (Å²) < 4.78 is 0. The van der Waals surface area contributed by atoms with Gasteiger partial charge in [0.2, 0.25) is 0 Å². The Labute approximate surface area is 119 Å². The molecule has 0 fully saturated rings. The molecule has 0 heterocycles. The van der Waals surface area contributed by atoms with E-state index in [2.05, 4.69) is 0 Å². The van der Waals surface area contributed by atoms with Gasteiger partial charge in [0.05, 0.1) is 5.60 Å². The molecule has 1 aromatic carbocycles. The van der Waals surface area contributed by atoms with E-state index >= 15 is 0 Å². The van der Waals surface area contributed by atoms with Gasteiger partial charge in [-0.1, -0.05) is 24.4 Å². The van der Waals surface area contributed by atoms with Crippen LogP contribution in [0.5, 0.6) is 0 Å². The quantitative estimate of drug-likeness (QED) is 0.803. The van der Waals surface area contributed by atoms with Crippen molar-refractivity contribution in [1.29, 1.82) is 0 Å². The Hall–Kier alpha value is -1.46. The van der Waals surface area contributed by atoms with E-state index < -0.39 is 5.60 Å². The largest absolute Gasteiger partial charge is 0.389 e. The lowest BCUT2D eigenvalue weighted by atomic mass is 10.1. The Balaban J connectivity index is 2.88. The molecule has 0 aliphatic heterocycles. The van der Waals surface area contributed by atoms with Crippen LogP contribution in [0, 0.1) is 0 Å². The fraction of sp³-hybridized carbons (Fsp3) is 0.429. The summed E-state index contributed by atoms with van der Waals surface area (Å²) in [5.74, 6) is -0.112. The van der Waals surface area contributed by atoms with Crippen LogP contribution in [0.15, 0.2) is 24.3 Å². The molecule has 0 atom stereocenters. The smallest absolute Gasteiger partial charge is 0.253 e. The fourth-order valence-corrected chi connectivity index (χ4v) is 1.89. The van der Waals surface area contributed by atoms with Crippen molar-refractivity contribution in [3.05, 3.63) is 35.4 Å². The first-order valence-corrected chi connectivity index (χ1v) is 6.57. The second-order valence-corrected chi connectivity index (χ2v) is 5.51. The average molecular weight is 280 g/mol. The van der Waals surface area contributed by atoms with Crippen LogP contribution in [-0.4, -0.2) is 39.6 Å². The SMILES string of the molecule is CCN(CC(C)(C)O)C(=O)c1ccc(C(N)=S)cc1. The van der Waals surface area contributed by atoms with E-state index in [1.807, 2.05) is 6.92 Å². The third-order valence-electron chi connectivity index (χ3n) is 2.66. The maximum Gasteiger partial charge on any atom is 0.253 e. The number of thiocarbonyl (C=S) groups is 1. The van der Waals surface area contributed by atoms with Crippen LogP contribution >= 0.6 is 12.2 Å². The molecule has 4 nitrogen and oxygen atoms in total. The zero-order chi connectivity index (χ0) is 14.6. The monoisotopic (exact) mass is 280 g/mol. The number of carbonyl (C=O) groups is 1. The van der Waals surface area contributed by atoms with Crippen LogP contribution in [0.2, 0.25) is 0 Å². The van der Waals surface area contributed by atoms with Gasteiger partial charge in [0.15, 0.2) is 0 Å². The predicted octanol–water partition coefficient (Wildman–Crippen LogP) is 1.55. The van der Waals surface area contributed by atoms with E-state index in [1.54, 1.807) is 43.0 Å². The molecule has 19 heavy (non-hydrogen) atoms. The van der Waals surface area contributed by atoms with Crippen molar-refractivity contribution < 1.29 is 9.90 Å². The third kappa shape index (κ3) is 4.61. The van der Waals surface area contributed by atoms with Crippen LogP contribution in [0.4, 0.5) is 0 Å². The lowest BCUT2D eigenvalue weighted by Crippen LogP contribution is -2.42. The third-order valence-corrected chi connectivity index (χ3v) is 2.90. The van der Waals surface area contributed by atoms with Crippen molar-refractivity contribution in [2.24, 2.45) is 5.73 Å². The van der Waals surface area contributed by atoms with Crippen LogP contribution in [0.3, 0.4) is 0 Å². The van der Waals surface area contributed by atoms with Gasteiger partial charge in [0, 0.05) is 24.2 Å². The van der Waals surface area contributed by atoms with Crippen molar-refractivity contribution in [3.63, 3.8) is 0 Å². The number of rotatable bonds is 5. The minimum Gasteiger partial charge on any atom is -0.389 e. The van der Waals surface area contributed by atoms with Gasteiger partial charge in [0.1, 0.15) is 4.99 Å². The molecular weight excluding hydrogens is 260 g/mol. The number of hydrogen-bond acceptors (Lipinski definition) is 3. The van der Waals surface area contributed by atoms with E-state index in [4.69, 9.17) is 18.0 Å². The zero-order valence-corrected chi connectivity index (χ0v) is 12.3. The first kappa shape index (κ1) is 15.6. The fourth-order valence-electron chi connectivity index (χ4n) is 1.75. The Kier molecular flexibility index (Phi) is 5.03. The van der Waals surface area contributed by atoms with Gasteiger partial charge in [-0.3, -0.25) is 4.79 Å². The van der Waals surface area contributed by atoms with Crippen LogP contribution in [0.25, 0.3) is 0 Å². The number of benzene rings is 1. The molecule has 1 aromatic rings. The number of hydrogen-bond donors (Lipinski definition) is 2. The molecule has 0 spiro atoms. The summed E-state index contributed by atoms with van der Waals surface area (Å²) in [5, 5.41) is 9.80. The number of likely N-dealkylation sites (N-methyl/N-ethyl adjacent to an activating group) is 1. The minimum absolute atomic E-state index is 0.112. The Morgan fingerprint density at radius 2 is 1.79 bits per heavy atom.